The van der Waals surface area contributed by atoms with E-state index >= 15 is 0 Å². The van der Waals surface area contributed by atoms with E-state index in [2.05, 4.69) is 0 Å². The SMILES string of the molecule is O=C(O[C@H]1[C@@H](OC(=O)c2ccccc2)[C@@H](CO[C@@H]2O[C@H](CO)[C@H](OC(=O)c3ccccc3)[C@H](OC(=O)c3ccccc3)[C@H]2OC(=O)c2ccccc2)O[C@@H](Sc2ccccc2)[C@@H]1OC(=O)c1ccccc1)c1ccccc1. The smallest absolute Gasteiger partial charge is 0.338 e. The van der Waals surface area contributed by atoms with E-state index in [0.717, 1.165) is 11.8 Å². The molecule has 2 heterocycles. The van der Waals surface area contributed by atoms with Crippen molar-refractivity contribution in [2.24, 2.45) is 0 Å². The number of ether oxygens (including phenoxy) is 9. The second-order valence-corrected chi connectivity index (χ2v) is 18.6. The molecule has 9 rings (SSSR count). The van der Waals surface area contributed by atoms with Crippen molar-refractivity contribution < 1.29 is 76.5 Å². The van der Waals surface area contributed by atoms with E-state index in [1.165, 1.54) is 60.7 Å². The van der Waals surface area contributed by atoms with Crippen LogP contribution in [-0.2, 0) is 42.6 Å². The van der Waals surface area contributed by atoms with Gasteiger partial charge in [0.2, 0.25) is 0 Å². The Bertz CT molecular complexity index is 3070. The van der Waals surface area contributed by atoms with Crippen LogP contribution >= 0.6 is 11.8 Å². The number of aliphatic hydroxyl groups excluding tert-OH is 1. The van der Waals surface area contributed by atoms with Gasteiger partial charge in [0.05, 0.1) is 46.6 Å². The maximum Gasteiger partial charge on any atom is 0.338 e. The zero-order valence-corrected chi connectivity index (χ0v) is 41.7. The number of carbonyl (C=O) groups excluding carboxylic acids is 6. The van der Waals surface area contributed by atoms with Crippen molar-refractivity contribution in [2.45, 2.75) is 65.5 Å². The number of thioether (sulfide) groups is 1. The Morgan fingerprint density at radius 2 is 0.636 bits per heavy atom. The molecule has 0 bridgehead atoms. The molecule has 17 heteroatoms. The molecule has 0 unspecified atom stereocenters. The fourth-order valence-electron chi connectivity index (χ4n) is 8.49. The van der Waals surface area contributed by atoms with Crippen LogP contribution in [0.2, 0.25) is 0 Å². The Hall–Kier alpha value is -8.45. The highest BCUT2D eigenvalue weighted by Crippen LogP contribution is 2.39. The molecule has 77 heavy (non-hydrogen) atoms. The van der Waals surface area contributed by atoms with Crippen LogP contribution in [0.15, 0.2) is 217 Å². The monoisotopic (exact) mass is 1060 g/mol. The summed E-state index contributed by atoms with van der Waals surface area (Å²) >= 11 is 1.11. The van der Waals surface area contributed by atoms with Crippen molar-refractivity contribution in [1.82, 2.24) is 0 Å². The number of benzene rings is 7. The van der Waals surface area contributed by atoms with Gasteiger partial charge in [-0.25, -0.2) is 28.8 Å². The summed E-state index contributed by atoms with van der Waals surface area (Å²) in [5, 5.41) is 11.0. The van der Waals surface area contributed by atoms with E-state index in [-0.39, 0.29) is 33.4 Å². The van der Waals surface area contributed by atoms with Gasteiger partial charge in [0.15, 0.2) is 42.9 Å². The zero-order chi connectivity index (χ0) is 53.5. The predicted octanol–water partition coefficient (Wildman–Crippen LogP) is 8.59. The van der Waals surface area contributed by atoms with Gasteiger partial charge in [-0.3, -0.25) is 0 Å². The molecule has 2 fully saturated rings. The largest absolute Gasteiger partial charge is 0.452 e. The lowest BCUT2D eigenvalue weighted by molar-refractivity contribution is -0.309. The Kier molecular flexibility index (Phi) is 17.9. The van der Waals surface area contributed by atoms with E-state index in [1.54, 1.807) is 152 Å². The molecule has 7 aromatic rings. The summed E-state index contributed by atoms with van der Waals surface area (Å²) in [5.74, 6) is -5.29. The van der Waals surface area contributed by atoms with Crippen molar-refractivity contribution in [3.05, 3.63) is 246 Å². The first-order valence-electron chi connectivity index (χ1n) is 24.4. The summed E-state index contributed by atoms with van der Waals surface area (Å²) in [5.41, 5.74) is -0.587. The summed E-state index contributed by atoms with van der Waals surface area (Å²) in [6.45, 7) is -1.49. The van der Waals surface area contributed by atoms with E-state index in [0.29, 0.717) is 4.90 Å². The van der Waals surface area contributed by atoms with E-state index in [4.69, 9.17) is 42.6 Å². The number of carbonyl (C=O) groups is 6. The lowest BCUT2D eigenvalue weighted by Crippen LogP contribution is -2.64. The van der Waals surface area contributed by atoms with Gasteiger partial charge in [-0.1, -0.05) is 139 Å². The maximum atomic E-state index is 14.3. The molecule has 0 amide bonds. The van der Waals surface area contributed by atoms with E-state index in [1.807, 2.05) is 0 Å². The Morgan fingerprint density at radius 1 is 0.351 bits per heavy atom. The van der Waals surface area contributed by atoms with Crippen LogP contribution in [0.5, 0.6) is 0 Å². The van der Waals surface area contributed by atoms with Crippen LogP contribution in [0.3, 0.4) is 0 Å². The van der Waals surface area contributed by atoms with Crippen LogP contribution < -0.4 is 0 Å². The van der Waals surface area contributed by atoms with Crippen molar-refractivity contribution in [2.75, 3.05) is 13.2 Å². The first-order valence-corrected chi connectivity index (χ1v) is 25.3. The normalized spacial score (nSPS) is 22.8. The molecule has 0 saturated carbocycles. The van der Waals surface area contributed by atoms with Crippen molar-refractivity contribution in [1.29, 1.82) is 0 Å². The number of esters is 6. The van der Waals surface area contributed by atoms with Gasteiger partial charge in [0.1, 0.15) is 17.6 Å². The number of aliphatic hydroxyl groups is 1. The fourth-order valence-corrected chi connectivity index (χ4v) is 9.61. The van der Waals surface area contributed by atoms with Crippen molar-refractivity contribution in [3.8, 4) is 0 Å². The predicted molar refractivity (Wildman–Crippen MR) is 277 cm³/mol. The molecular weight excluding hydrogens is 1010 g/mol. The molecule has 0 aliphatic carbocycles. The molecule has 16 nitrogen and oxygen atoms in total. The molecule has 0 radical (unpaired) electrons. The highest BCUT2D eigenvalue weighted by molar-refractivity contribution is 7.99. The third-order valence-electron chi connectivity index (χ3n) is 12.3. The minimum absolute atomic E-state index is 0.0740. The second kappa shape index (κ2) is 25.9. The third-order valence-corrected chi connectivity index (χ3v) is 13.5. The van der Waals surface area contributed by atoms with Crippen LogP contribution in [0.4, 0.5) is 0 Å². The van der Waals surface area contributed by atoms with Crippen molar-refractivity contribution in [3.63, 3.8) is 0 Å². The molecule has 0 spiro atoms. The molecule has 10 atom stereocenters. The summed E-state index contributed by atoms with van der Waals surface area (Å²) in [6.07, 6.45) is -14.7. The fraction of sp³-hybridized carbons (Fsp3) is 0.200. The number of rotatable bonds is 18. The van der Waals surface area contributed by atoms with Gasteiger partial charge in [0, 0.05) is 4.90 Å². The molecular formula is C60H50O16S. The first-order chi connectivity index (χ1) is 37.6. The molecule has 392 valence electrons. The second-order valence-electron chi connectivity index (χ2n) is 17.4. The number of hydrogen-bond donors (Lipinski definition) is 1. The molecule has 2 aliphatic heterocycles. The zero-order valence-electron chi connectivity index (χ0n) is 40.9. The summed E-state index contributed by atoms with van der Waals surface area (Å²) < 4.78 is 57.0. The van der Waals surface area contributed by atoms with Crippen molar-refractivity contribution >= 4 is 47.6 Å². The lowest BCUT2D eigenvalue weighted by atomic mass is 9.97. The summed E-state index contributed by atoms with van der Waals surface area (Å²) in [6, 6.07) is 56.7. The Morgan fingerprint density at radius 3 is 0.987 bits per heavy atom. The van der Waals surface area contributed by atoms with Crippen LogP contribution in [0, 0.1) is 0 Å². The maximum absolute atomic E-state index is 14.3. The third kappa shape index (κ3) is 13.5. The first kappa shape index (κ1) is 53.4. The Balaban J connectivity index is 1.13. The average molecular weight is 1060 g/mol. The van der Waals surface area contributed by atoms with Gasteiger partial charge in [-0.2, -0.15) is 0 Å². The quantitative estimate of drug-likeness (QED) is 0.0631. The van der Waals surface area contributed by atoms with Crippen LogP contribution in [0.25, 0.3) is 0 Å². The lowest BCUT2D eigenvalue weighted by Gasteiger charge is -2.46. The minimum atomic E-state index is -1.78. The minimum Gasteiger partial charge on any atom is -0.452 e. The van der Waals surface area contributed by atoms with Crippen LogP contribution in [0.1, 0.15) is 62.1 Å². The molecule has 1 N–H and O–H groups in total. The van der Waals surface area contributed by atoms with Crippen LogP contribution in [-0.4, -0.2) is 115 Å². The standard InChI is InChI=1S/C60H50O16S/c61-36-45-47(71-53(62)38-22-8-1-9-23-38)49(73-55(64)40-26-12-3-13-27-40)51(75-57(66)42-30-16-5-17-31-42)59(69-45)68-37-46-48(72-54(63)39-24-10-2-11-25-39)50(74-56(65)41-28-14-4-15-29-41)52(76-58(67)43-32-18-6-19-33-43)60(70-46)77-44-34-20-7-21-35-44/h1-35,45-52,59-61H,36-37H2/t45-,46-,47+,48+,49+,50+,51-,52-,59-,60+/m1/s1. The highest BCUT2D eigenvalue weighted by Gasteiger charge is 2.56. The van der Waals surface area contributed by atoms with Gasteiger partial charge in [-0.05, 0) is 84.9 Å². The topological polar surface area (TPSA) is 206 Å². The van der Waals surface area contributed by atoms with Gasteiger partial charge >= 0.3 is 35.8 Å². The average Bonchev–Trinajstić information content (AvgIpc) is 3.48. The highest BCUT2D eigenvalue weighted by atomic mass is 32.2. The molecule has 7 aromatic carbocycles. The Labute approximate surface area is 446 Å². The molecule has 0 aromatic heterocycles. The number of hydrogen-bond acceptors (Lipinski definition) is 17. The molecule has 2 aliphatic rings. The molecule has 2 saturated heterocycles. The van der Waals surface area contributed by atoms with E-state index < -0.39 is 110 Å². The van der Waals surface area contributed by atoms with E-state index in [9.17, 15) is 33.9 Å². The summed E-state index contributed by atoms with van der Waals surface area (Å²) in [7, 11) is 0. The summed E-state index contributed by atoms with van der Waals surface area (Å²) in [4.78, 5) is 85.5. The van der Waals surface area contributed by atoms with Gasteiger partial charge < -0.3 is 47.7 Å². The van der Waals surface area contributed by atoms with Gasteiger partial charge in [0.25, 0.3) is 0 Å². The van der Waals surface area contributed by atoms with Gasteiger partial charge in [-0.15, -0.1) is 0 Å².